The van der Waals surface area contributed by atoms with Crippen molar-refractivity contribution >= 4 is 22.3 Å². The zero-order chi connectivity index (χ0) is 30.1. The van der Waals surface area contributed by atoms with Gasteiger partial charge in [-0.3, -0.25) is 0 Å². The van der Waals surface area contributed by atoms with Gasteiger partial charge in [-0.1, -0.05) is 18.2 Å². The maximum atomic E-state index is 14.1. The Balaban J connectivity index is 1.33. The fourth-order valence-electron chi connectivity index (χ4n) is 5.14. The molecular formula is C31H29F4N5O2. The smallest absolute Gasteiger partial charge is 0.203 e. The largest absolute Gasteiger partial charge is 0.503 e. The number of rotatable bonds is 9. The molecule has 2 aromatic heterocycles. The van der Waals surface area contributed by atoms with Crippen molar-refractivity contribution < 1.29 is 27.4 Å². The summed E-state index contributed by atoms with van der Waals surface area (Å²) < 4.78 is 63.3. The van der Waals surface area contributed by atoms with Crippen LogP contribution in [0.4, 0.5) is 28.9 Å². The monoisotopic (exact) mass is 579 g/mol. The number of anilines is 2. The van der Waals surface area contributed by atoms with Gasteiger partial charge in [-0.2, -0.15) is 8.78 Å². The molecule has 3 N–H and O–H groups in total. The van der Waals surface area contributed by atoms with Gasteiger partial charge in [0.1, 0.15) is 11.6 Å². The summed E-state index contributed by atoms with van der Waals surface area (Å²) in [5, 5.41) is 10.3. The van der Waals surface area contributed by atoms with Crippen molar-refractivity contribution in [1.29, 1.82) is 0 Å². The van der Waals surface area contributed by atoms with Gasteiger partial charge in [0.05, 0.1) is 24.2 Å². The maximum absolute atomic E-state index is 14.1. The highest BCUT2D eigenvalue weighted by Crippen LogP contribution is 2.34. The normalized spacial score (nSPS) is 11.3. The van der Waals surface area contributed by atoms with Gasteiger partial charge < -0.3 is 25.0 Å². The molecule has 0 radical (unpaired) electrons. The van der Waals surface area contributed by atoms with Gasteiger partial charge in [-0.25, -0.2) is 18.7 Å². The van der Waals surface area contributed by atoms with Gasteiger partial charge in [0.25, 0.3) is 0 Å². The third-order valence-corrected chi connectivity index (χ3v) is 7.32. The van der Waals surface area contributed by atoms with Crippen molar-refractivity contribution in [3.8, 4) is 22.8 Å². The highest BCUT2D eigenvalue weighted by atomic mass is 19.2. The molecule has 0 aliphatic heterocycles. The van der Waals surface area contributed by atoms with Crippen molar-refractivity contribution in [2.45, 2.75) is 19.3 Å². The Kier molecular flexibility index (Phi) is 7.93. The molecule has 0 bridgehead atoms. The summed E-state index contributed by atoms with van der Waals surface area (Å²) in [6, 6.07) is 13.5. The highest BCUT2D eigenvalue weighted by Gasteiger charge is 2.25. The first kappa shape index (κ1) is 28.7. The number of phenolic OH excluding ortho intramolecular Hbond substituents is 1. The first-order valence-electron chi connectivity index (χ1n) is 13.2. The molecule has 0 atom stereocenters. The van der Waals surface area contributed by atoms with Crippen LogP contribution in [0, 0.1) is 23.3 Å². The van der Waals surface area contributed by atoms with E-state index in [2.05, 4.69) is 21.7 Å². The number of aryl methyl sites for hydroxylation is 1. The average molecular weight is 580 g/mol. The number of halogens is 4. The lowest BCUT2D eigenvalue weighted by Crippen LogP contribution is -2.21. The number of ether oxygens (including phenoxy) is 1. The van der Waals surface area contributed by atoms with E-state index in [1.165, 1.54) is 7.11 Å². The van der Waals surface area contributed by atoms with Crippen LogP contribution < -0.4 is 15.4 Å². The Morgan fingerprint density at radius 3 is 2.45 bits per heavy atom. The van der Waals surface area contributed by atoms with Crippen LogP contribution in [-0.4, -0.2) is 40.3 Å². The summed E-state index contributed by atoms with van der Waals surface area (Å²) >= 11 is 0. The Morgan fingerprint density at radius 2 is 1.74 bits per heavy atom. The van der Waals surface area contributed by atoms with Gasteiger partial charge in [-0.15, -0.1) is 0 Å². The van der Waals surface area contributed by atoms with Gasteiger partial charge in [-0.05, 0) is 31.0 Å². The van der Waals surface area contributed by atoms with E-state index in [1.54, 1.807) is 30.3 Å². The third kappa shape index (κ3) is 5.29. The van der Waals surface area contributed by atoms with E-state index in [4.69, 9.17) is 15.5 Å². The highest BCUT2D eigenvalue weighted by molar-refractivity contribution is 5.95. The van der Waals surface area contributed by atoms with E-state index in [-0.39, 0.29) is 19.4 Å². The number of aromatic nitrogens is 3. The lowest BCUT2D eigenvalue weighted by atomic mass is 10.1. The van der Waals surface area contributed by atoms with E-state index < -0.39 is 34.6 Å². The molecule has 0 aliphatic rings. The number of aromatic hydroxyl groups is 1. The van der Waals surface area contributed by atoms with Crippen molar-refractivity contribution in [3.63, 3.8) is 0 Å². The van der Waals surface area contributed by atoms with Crippen molar-refractivity contribution in [2.75, 3.05) is 31.3 Å². The predicted molar refractivity (Wildman–Crippen MR) is 154 cm³/mol. The molecule has 2 heterocycles. The van der Waals surface area contributed by atoms with Crippen LogP contribution in [0.3, 0.4) is 0 Å². The maximum Gasteiger partial charge on any atom is 0.203 e. The summed E-state index contributed by atoms with van der Waals surface area (Å²) in [5.41, 5.74) is 10.3. The lowest BCUT2D eigenvalue weighted by Gasteiger charge is -2.23. The van der Waals surface area contributed by atoms with E-state index in [9.17, 15) is 22.7 Å². The fourth-order valence-corrected chi connectivity index (χ4v) is 5.14. The molecule has 3 aromatic carbocycles. The minimum atomic E-state index is -1.81. The van der Waals surface area contributed by atoms with Crippen LogP contribution in [0.15, 0.2) is 54.9 Å². The second-order valence-electron chi connectivity index (χ2n) is 10.0. The molecule has 5 rings (SSSR count). The number of nitrogen functional groups attached to an aromatic ring is 1. The molecule has 11 heteroatoms. The molecule has 0 spiro atoms. The van der Waals surface area contributed by atoms with Gasteiger partial charge >= 0.3 is 0 Å². The van der Waals surface area contributed by atoms with Crippen LogP contribution in [0.2, 0.25) is 0 Å². The number of benzene rings is 3. The lowest BCUT2D eigenvalue weighted by molar-refractivity contribution is 0.350. The number of hydrogen-bond donors (Lipinski definition) is 2. The zero-order valence-electron chi connectivity index (χ0n) is 23.3. The van der Waals surface area contributed by atoms with Crippen LogP contribution in [0.1, 0.15) is 23.4 Å². The number of hydrogen-bond acceptors (Lipinski definition) is 6. The number of nitrogens with two attached hydrogens (primary N) is 1. The van der Waals surface area contributed by atoms with Gasteiger partial charge in [0.15, 0.2) is 17.4 Å². The molecule has 0 aliphatic carbocycles. The van der Waals surface area contributed by atoms with Gasteiger partial charge in [0, 0.05) is 73.1 Å². The summed E-state index contributed by atoms with van der Waals surface area (Å²) in [6.07, 6.45) is 3.96. The molecule has 218 valence electrons. The standard InChI is InChI=1S/C31H29F4N5O2/c1-39(12-6-8-19-27(32)29(34)31(41)30(35)28(19)33)24-15-25(42-3)17(13-21(24)36)14-26-37-11-10-22(38-26)20-16-40(2)23-9-5-4-7-18(20)23/h4-5,7,9-11,13,15-16,41H,6,8,12,14,36H2,1-3H3. The third-order valence-electron chi connectivity index (χ3n) is 7.32. The fraction of sp³-hybridized carbons (Fsp3) is 0.226. The van der Waals surface area contributed by atoms with E-state index in [0.29, 0.717) is 29.4 Å². The number of methoxy groups -OCH3 is 1. The quantitative estimate of drug-likeness (QED) is 0.124. The van der Waals surface area contributed by atoms with E-state index >= 15 is 0 Å². The topological polar surface area (TPSA) is 89.4 Å². The average Bonchev–Trinajstić information content (AvgIpc) is 3.33. The minimum Gasteiger partial charge on any atom is -0.503 e. The number of fused-ring (bicyclic) bond motifs is 1. The summed E-state index contributed by atoms with van der Waals surface area (Å²) in [7, 11) is 5.25. The molecule has 0 saturated carbocycles. The van der Waals surface area contributed by atoms with Crippen LogP contribution in [-0.2, 0) is 19.9 Å². The van der Waals surface area contributed by atoms with Crippen molar-refractivity contribution in [2.24, 2.45) is 7.05 Å². The Morgan fingerprint density at radius 1 is 1.02 bits per heavy atom. The zero-order valence-corrected chi connectivity index (χ0v) is 23.3. The van der Waals surface area contributed by atoms with Crippen LogP contribution in [0.25, 0.3) is 22.2 Å². The summed E-state index contributed by atoms with van der Waals surface area (Å²) in [6.45, 7) is 0.256. The molecule has 42 heavy (non-hydrogen) atoms. The Hall–Kier alpha value is -4.80. The Labute approximate surface area is 239 Å². The molecule has 0 fully saturated rings. The molecule has 5 aromatic rings. The van der Waals surface area contributed by atoms with Gasteiger partial charge in [0.2, 0.25) is 11.6 Å². The summed E-state index contributed by atoms with van der Waals surface area (Å²) in [4.78, 5) is 11.0. The summed E-state index contributed by atoms with van der Waals surface area (Å²) in [5.74, 6) is -7.38. The molecule has 0 amide bonds. The second kappa shape index (κ2) is 11.6. The SMILES string of the molecule is COc1cc(N(C)CCCc2c(F)c(F)c(O)c(F)c2F)c(N)cc1Cc1nccc(-c2cn(C)c3ccccc23)n1. The number of nitrogens with zero attached hydrogens (tertiary/aromatic N) is 4. The van der Waals surface area contributed by atoms with Crippen LogP contribution >= 0.6 is 0 Å². The van der Waals surface area contributed by atoms with E-state index in [0.717, 1.165) is 27.7 Å². The second-order valence-corrected chi connectivity index (χ2v) is 10.0. The molecule has 7 nitrogen and oxygen atoms in total. The first-order chi connectivity index (χ1) is 20.1. The van der Waals surface area contributed by atoms with Crippen LogP contribution in [0.5, 0.6) is 11.5 Å². The molecular weight excluding hydrogens is 550 g/mol. The molecule has 0 saturated heterocycles. The predicted octanol–water partition coefficient (Wildman–Crippen LogP) is 6.15. The molecule has 0 unspecified atom stereocenters. The number of para-hydroxylation sites is 1. The first-order valence-corrected chi connectivity index (χ1v) is 13.2. The Bertz CT molecular complexity index is 1760. The van der Waals surface area contributed by atoms with Crippen molar-refractivity contribution in [3.05, 3.63) is 95.1 Å². The number of phenols is 1. The van der Waals surface area contributed by atoms with Crippen molar-refractivity contribution in [1.82, 2.24) is 14.5 Å². The van der Waals surface area contributed by atoms with E-state index in [1.807, 2.05) is 31.4 Å². The minimum absolute atomic E-state index is 0.145.